The maximum Gasteiger partial charge on any atom is 0.106 e. The number of hydrogen-bond donors (Lipinski definition) is 1. The molecule has 84 valence electrons. The average Bonchev–Trinajstić information content (AvgIpc) is 2.65. The summed E-state index contributed by atoms with van der Waals surface area (Å²) in [6, 6.07) is 3.04. The Kier molecular flexibility index (Phi) is 3.25. The molecule has 0 aliphatic carbocycles. The van der Waals surface area contributed by atoms with Crippen LogP contribution in [-0.4, -0.2) is 54.1 Å². The maximum absolute atomic E-state index is 8.73. The molecule has 2 heterocycles. The minimum atomic E-state index is -0.333. The van der Waals surface area contributed by atoms with Crippen molar-refractivity contribution in [3.8, 4) is 6.07 Å². The van der Waals surface area contributed by atoms with Crippen LogP contribution in [0.5, 0.6) is 0 Å². The van der Waals surface area contributed by atoms with Crippen molar-refractivity contribution < 1.29 is 0 Å². The second kappa shape index (κ2) is 4.48. The van der Waals surface area contributed by atoms with Gasteiger partial charge in [0.25, 0.3) is 0 Å². The average molecular weight is 208 g/mol. The van der Waals surface area contributed by atoms with Crippen molar-refractivity contribution in [2.75, 3.05) is 26.2 Å². The highest BCUT2D eigenvalue weighted by Gasteiger charge is 2.34. The first-order chi connectivity index (χ1) is 7.20. The Balaban J connectivity index is 1.93. The van der Waals surface area contributed by atoms with Gasteiger partial charge in [-0.05, 0) is 26.3 Å². The van der Waals surface area contributed by atoms with Crippen molar-refractivity contribution in [1.29, 1.82) is 5.26 Å². The van der Waals surface area contributed by atoms with Gasteiger partial charge >= 0.3 is 0 Å². The number of nitrogens with zero attached hydrogens (tertiary/aromatic N) is 3. The molecule has 4 nitrogen and oxygen atoms in total. The van der Waals surface area contributed by atoms with E-state index in [1.54, 1.807) is 0 Å². The van der Waals surface area contributed by atoms with E-state index in [9.17, 15) is 0 Å². The highest BCUT2D eigenvalue weighted by molar-refractivity contribution is 4.95. The van der Waals surface area contributed by atoms with Crippen LogP contribution in [-0.2, 0) is 0 Å². The Bertz CT molecular complexity index is 260. The topological polar surface area (TPSA) is 56.3 Å². The molecule has 0 radical (unpaired) electrons. The van der Waals surface area contributed by atoms with Crippen LogP contribution in [0, 0.1) is 11.3 Å². The predicted molar refractivity (Wildman–Crippen MR) is 59.2 cm³/mol. The first-order valence-corrected chi connectivity index (χ1v) is 5.84. The first-order valence-electron chi connectivity index (χ1n) is 5.84. The number of fused-ring (bicyclic) bond motifs is 1. The lowest BCUT2D eigenvalue weighted by molar-refractivity contribution is 0.0585. The standard InChI is InChI=1S/C11H20N4/c1-9-6-14-4-2-3-11(14)8-15(9)7-10(13)5-12/h9-11H,2-4,6-8,13H2,1H3. The summed E-state index contributed by atoms with van der Waals surface area (Å²) in [5, 5.41) is 8.73. The van der Waals surface area contributed by atoms with Crippen LogP contribution in [0.3, 0.4) is 0 Å². The summed E-state index contributed by atoms with van der Waals surface area (Å²) in [5.41, 5.74) is 5.69. The van der Waals surface area contributed by atoms with E-state index >= 15 is 0 Å². The zero-order chi connectivity index (χ0) is 10.8. The van der Waals surface area contributed by atoms with E-state index in [1.165, 1.54) is 19.4 Å². The Labute approximate surface area is 91.6 Å². The third-order valence-corrected chi connectivity index (χ3v) is 3.66. The molecular weight excluding hydrogens is 188 g/mol. The molecule has 2 aliphatic heterocycles. The minimum absolute atomic E-state index is 0.333. The molecule has 0 saturated carbocycles. The van der Waals surface area contributed by atoms with E-state index < -0.39 is 0 Å². The van der Waals surface area contributed by atoms with Gasteiger partial charge in [-0.2, -0.15) is 5.26 Å². The summed E-state index contributed by atoms with van der Waals surface area (Å²) in [4.78, 5) is 4.96. The molecule has 2 saturated heterocycles. The second-order valence-corrected chi connectivity index (χ2v) is 4.83. The van der Waals surface area contributed by atoms with Crippen molar-refractivity contribution in [3.63, 3.8) is 0 Å². The van der Waals surface area contributed by atoms with Crippen LogP contribution >= 0.6 is 0 Å². The molecule has 0 spiro atoms. The molecule has 3 atom stereocenters. The van der Waals surface area contributed by atoms with Gasteiger partial charge in [0.1, 0.15) is 6.04 Å². The molecule has 2 rings (SSSR count). The molecule has 0 aromatic heterocycles. The summed E-state index contributed by atoms with van der Waals surface area (Å²) >= 11 is 0. The molecule has 0 amide bonds. The quantitative estimate of drug-likeness (QED) is 0.694. The van der Waals surface area contributed by atoms with Crippen LogP contribution in [0.25, 0.3) is 0 Å². The predicted octanol–water partition coefficient (Wildman–Crippen LogP) is 0.00578. The highest BCUT2D eigenvalue weighted by atomic mass is 15.3. The van der Waals surface area contributed by atoms with Gasteiger partial charge in [0.15, 0.2) is 0 Å². The lowest BCUT2D eigenvalue weighted by atomic mass is 10.1. The number of nitrogens with two attached hydrogens (primary N) is 1. The fourth-order valence-corrected chi connectivity index (χ4v) is 2.80. The largest absolute Gasteiger partial charge is 0.315 e. The van der Waals surface area contributed by atoms with Gasteiger partial charge in [0.2, 0.25) is 0 Å². The molecular formula is C11H20N4. The van der Waals surface area contributed by atoms with Gasteiger partial charge < -0.3 is 5.73 Å². The molecule has 0 aromatic rings. The van der Waals surface area contributed by atoms with Crippen molar-refractivity contribution in [1.82, 2.24) is 9.80 Å². The summed E-state index contributed by atoms with van der Waals surface area (Å²) in [7, 11) is 0. The number of piperazine rings is 1. The van der Waals surface area contributed by atoms with Crippen LogP contribution in [0.15, 0.2) is 0 Å². The van der Waals surface area contributed by atoms with E-state index in [1.807, 2.05) is 0 Å². The zero-order valence-electron chi connectivity index (χ0n) is 9.39. The molecule has 4 heteroatoms. The van der Waals surface area contributed by atoms with E-state index in [2.05, 4.69) is 22.8 Å². The third-order valence-electron chi connectivity index (χ3n) is 3.66. The summed E-state index contributed by atoms with van der Waals surface area (Å²) in [6.07, 6.45) is 2.64. The van der Waals surface area contributed by atoms with Gasteiger partial charge in [-0.25, -0.2) is 0 Å². The van der Waals surface area contributed by atoms with Crippen molar-refractivity contribution in [3.05, 3.63) is 0 Å². The molecule has 2 fully saturated rings. The summed E-state index contributed by atoms with van der Waals surface area (Å²) in [6.45, 7) is 6.45. The van der Waals surface area contributed by atoms with E-state index in [-0.39, 0.29) is 6.04 Å². The lowest BCUT2D eigenvalue weighted by Gasteiger charge is -2.42. The van der Waals surface area contributed by atoms with Crippen LogP contribution in [0.2, 0.25) is 0 Å². The van der Waals surface area contributed by atoms with Crippen molar-refractivity contribution in [2.24, 2.45) is 5.73 Å². The fraction of sp³-hybridized carbons (Fsp3) is 0.909. The van der Waals surface area contributed by atoms with Crippen LogP contribution in [0.1, 0.15) is 19.8 Å². The lowest BCUT2D eigenvalue weighted by Crippen LogP contribution is -2.57. The van der Waals surface area contributed by atoms with Crippen LogP contribution < -0.4 is 5.73 Å². The number of nitriles is 1. The summed E-state index contributed by atoms with van der Waals surface area (Å²) in [5.74, 6) is 0. The van der Waals surface area contributed by atoms with Crippen LogP contribution in [0.4, 0.5) is 0 Å². The van der Waals surface area contributed by atoms with Gasteiger partial charge in [-0.1, -0.05) is 0 Å². The third kappa shape index (κ3) is 2.31. The zero-order valence-corrected chi connectivity index (χ0v) is 9.39. The molecule has 0 aromatic carbocycles. The van der Waals surface area contributed by atoms with E-state index in [0.29, 0.717) is 12.1 Å². The van der Waals surface area contributed by atoms with E-state index in [4.69, 9.17) is 11.0 Å². The van der Waals surface area contributed by atoms with Gasteiger partial charge in [0, 0.05) is 31.7 Å². The molecule has 2 N–H and O–H groups in total. The molecule has 3 unspecified atom stereocenters. The van der Waals surface area contributed by atoms with Gasteiger partial charge in [0.05, 0.1) is 6.07 Å². The van der Waals surface area contributed by atoms with Crippen molar-refractivity contribution >= 4 is 0 Å². The SMILES string of the molecule is CC1CN2CCCC2CN1CC(N)C#N. The summed E-state index contributed by atoms with van der Waals surface area (Å²) < 4.78 is 0. The van der Waals surface area contributed by atoms with Gasteiger partial charge in [-0.3, -0.25) is 9.80 Å². The van der Waals surface area contributed by atoms with Crippen molar-refractivity contribution in [2.45, 2.75) is 37.9 Å². The van der Waals surface area contributed by atoms with E-state index in [0.717, 1.165) is 19.6 Å². The molecule has 15 heavy (non-hydrogen) atoms. The Hall–Kier alpha value is -0.630. The number of rotatable bonds is 2. The van der Waals surface area contributed by atoms with Gasteiger partial charge in [-0.15, -0.1) is 0 Å². The fourth-order valence-electron chi connectivity index (χ4n) is 2.80. The normalized spacial score (nSPS) is 34.7. The maximum atomic E-state index is 8.73. The molecule has 2 aliphatic rings. The highest BCUT2D eigenvalue weighted by Crippen LogP contribution is 2.24. The molecule has 0 bridgehead atoms. The number of hydrogen-bond acceptors (Lipinski definition) is 4. The second-order valence-electron chi connectivity index (χ2n) is 4.83. The first kappa shape index (κ1) is 10.9. The Morgan fingerprint density at radius 3 is 3.07 bits per heavy atom. The Morgan fingerprint density at radius 2 is 2.33 bits per heavy atom. The smallest absolute Gasteiger partial charge is 0.106 e. The minimum Gasteiger partial charge on any atom is -0.315 e. The Morgan fingerprint density at radius 1 is 1.53 bits per heavy atom. The monoisotopic (exact) mass is 208 g/mol.